The van der Waals surface area contributed by atoms with Gasteiger partial charge in [-0.3, -0.25) is 4.79 Å². The van der Waals surface area contributed by atoms with E-state index in [4.69, 9.17) is 4.74 Å². The zero-order valence-corrected chi connectivity index (χ0v) is 10.9. The number of carbonyl (C=O) groups is 1. The van der Waals surface area contributed by atoms with Crippen molar-refractivity contribution in [1.82, 2.24) is 14.9 Å². The molecule has 0 radical (unpaired) electrons. The maximum atomic E-state index is 11.5. The number of carbonyl (C=O) groups excluding carboxylic acids is 1. The second-order valence-electron chi connectivity index (χ2n) is 4.40. The number of aromatic nitrogens is 2. The number of rotatable bonds is 6. The van der Waals surface area contributed by atoms with Crippen LogP contribution in [0, 0.1) is 5.92 Å². The third kappa shape index (κ3) is 3.85. The zero-order chi connectivity index (χ0) is 12.8. The van der Waals surface area contributed by atoms with Crippen molar-refractivity contribution in [3.8, 4) is 0 Å². The third-order valence-corrected chi connectivity index (χ3v) is 2.76. The first-order valence-corrected chi connectivity index (χ1v) is 5.83. The van der Waals surface area contributed by atoms with Gasteiger partial charge >= 0.3 is 5.97 Å². The number of aryl methyl sites for hydroxylation is 1. The number of imidazole rings is 1. The van der Waals surface area contributed by atoms with Gasteiger partial charge in [0.2, 0.25) is 0 Å². The van der Waals surface area contributed by atoms with Crippen LogP contribution in [0.15, 0.2) is 12.4 Å². The van der Waals surface area contributed by atoms with Crippen molar-refractivity contribution in [2.75, 3.05) is 13.7 Å². The Morgan fingerprint density at radius 2 is 2.29 bits per heavy atom. The second kappa shape index (κ2) is 6.39. The summed E-state index contributed by atoms with van der Waals surface area (Å²) in [4.78, 5) is 15.7. The van der Waals surface area contributed by atoms with Crippen molar-refractivity contribution in [2.45, 2.75) is 26.3 Å². The Kier molecular flexibility index (Phi) is 5.15. The van der Waals surface area contributed by atoms with E-state index >= 15 is 0 Å². The molecular formula is C12H21N3O2. The van der Waals surface area contributed by atoms with E-state index in [9.17, 15) is 4.79 Å². The van der Waals surface area contributed by atoms with Crippen LogP contribution in [0.2, 0.25) is 0 Å². The summed E-state index contributed by atoms with van der Waals surface area (Å²) in [6.07, 6.45) is 4.48. The van der Waals surface area contributed by atoms with E-state index in [1.807, 2.05) is 31.7 Å². The lowest BCUT2D eigenvalue weighted by atomic mass is 10.0. The summed E-state index contributed by atoms with van der Waals surface area (Å²) in [5.74, 6) is 1.01. The number of methoxy groups -OCH3 is 1. The van der Waals surface area contributed by atoms with Gasteiger partial charge < -0.3 is 14.6 Å². The van der Waals surface area contributed by atoms with Gasteiger partial charge in [0.05, 0.1) is 7.11 Å². The lowest BCUT2D eigenvalue weighted by Gasteiger charge is -2.19. The molecule has 0 aromatic carbocycles. The highest BCUT2D eigenvalue weighted by Crippen LogP contribution is 2.04. The van der Waals surface area contributed by atoms with Crippen LogP contribution in [0.5, 0.6) is 0 Å². The van der Waals surface area contributed by atoms with Crippen molar-refractivity contribution in [2.24, 2.45) is 13.0 Å². The lowest BCUT2D eigenvalue weighted by Crippen LogP contribution is -2.42. The summed E-state index contributed by atoms with van der Waals surface area (Å²) in [5, 5.41) is 3.21. The molecule has 0 amide bonds. The molecule has 0 fully saturated rings. The Morgan fingerprint density at radius 1 is 1.59 bits per heavy atom. The average Bonchev–Trinajstić information content (AvgIpc) is 2.69. The van der Waals surface area contributed by atoms with E-state index in [1.54, 1.807) is 6.20 Å². The molecule has 0 saturated carbocycles. The highest BCUT2D eigenvalue weighted by atomic mass is 16.5. The Balaban J connectivity index is 2.43. The molecule has 1 unspecified atom stereocenters. The molecule has 0 aliphatic carbocycles. The molecule has 1 rings (SSSR count). The first kappa shape index (κ1) is 13.7. The first-order chi connectivity index (χ1) is 8.06. The van der Waals surface area contributed by atoms with E-state index in [2.05, 4.69) is 10.3 Å². The van der Waals surface area contributed by atoms with Crippen LogP contribution in [0.4, 0.5) is 0 Å². The van der Waals surface area contributed by atoms with Gasteiger partial charge in [-0.05, 0) is 5.92 Å². The van der Waals surface area contributed by atoms with Crippen molar-refractivity contribution in [1.29, 1.82) is 0 Å². The van der Waals surface area contributed by atoms with Crippen LogP contribution in [0.3, 0.4) is 0 Å². The van der Waals surface area contributed by atoms with E-state index in [0.717, 1.165) is 12.2 Å². The minimum atomic E-state index is -0.250. The van der Waals surface area contributed by atoms with Gasteiger partial charge in [-0.25, -0.2) is 4.98 Å². The summed E-state index contributed by atoms with van der Waals surface area (Å²) < 4.78 is 6.74. The fourth-order valence-corrected chi connectivity index (χ4v) is 1.70. The molecule has 5 nitrogen and oxygen atoms in total. The fourth-order valence-electron chi connectivity index (χ4n) is 1.70. The average molecular weight is 239 g/mol. The second-order valence-corrected chi connectivity index (χ2v) is 4.40. The molecule has 0 aliphatic rings. The van der Waals surface area contributed by atoms with E-state index in [-0.39, 0.29) is 17.9 Å². The Morgan fingerprint density at radius 3 is 2.76 bits per heavy atom. The first-order valence-electron chi connectivity index (χ1n) is 5.83. The molecule has 1 aromatic heterocycles. The Bertz CT molecular complexity index is 360. The van der Waals surface area contributed by atoms with E-state index in [0.29, 0.717) is 6.54 Å². The molecule has 1 N–H and O–H groups in total. The lowest BCUT2D eigenvalue weighted by molar-refractivity contribution is -0.144. The molecule has 1 heterocycles. The SMILES string of the molecule is COC(=O)C(NCCc1nccn1C)C(C)C. The van der Waals surface area contributed by atoms with Gasteiger partial charge in [0.15, 0.2) is 0 Å². The quantitative estimate of drug-likeness (QED) is 0.744. The number of ether oxygens (including phenoxy) is 1. The van der Waals surface area contributed by atoms with Gasteiger partial charge in [0.25, 0.3) is 0 Å². The molecule has 0 saturated heterocycles. The Hall–Kier alpha value is -1.36. The largest absolute Gasteiger partial charge is 0.468 e. The zero-order valence-electron chi connectivity index (χ0n) is 10.9. The van der Waals surface area contributed by atoms with E-state index in [1.165, 1.54) is 7.11 Å². The van der Waals surface area contributed by atoms with Crippen LogP contribution >= 0.6 is 0 Å². The van der Waals surface area contributed by atoms with Gasteiger partial charge in [-0.15, -0.1) is 0 Å². The van der Waals surface area contributed by atoms with Crippen LogP contribution in [-0.2, 0) is 23.0 Å². The predicted octanol–water partition coefficient (Wildman–Crippen LogP) is 0.750. The van der Waals surface area contributed by atoms with Crippen LogP contribution in [-0.4, -0.2) is 35.2 Å². The summed E-state index contributed by atoms with van der Waals surface area (Å²) >= 11 is 0. The monoisotopic (exact) mass is 239 g/mol. The molecule has 0 spiro atoms. The molecule has 0 aliphatic heterocycles. The summed E-state index contributed by atoms with van der Waals surface area (Å²) in [6.45, 7) is 4.70. The highest BCUT2D eigenvalue weighted by Gasteiger charge is 2.21. The predicted molar refractivity (Wildman–Crippen MR) is 65.6 cm³/mol. The summed E-state index contributed by atoms with van der Waals surface area (Å²) in [5.41, 5.74) is 0. The maximum Gasteiger partial charge on any atom is 0.323 e. The van der Waals surface area contributed by atoms with Crippen LogP contribution in [0.1, 0.15) is 19.7 Å². The van der Waals surface area contributed by atoms with Crippen molar-refractivity contribution in [3.63, 3.8) is 0 Å². The molecular weight excluding hydrogens is 218 g/mol. The van der Waals surface area contributed by atoms with Gasteiger partial charge in [-0.1, -0.05) is 13.8 Å². The van der Waals surface area contributed by atoms with Crippen LogP contribution < -0.4 is 5.32 Å². The minimum Gasteiger partial charge on any atom is -0.468 e. The normalized spacial score (nSPS) is 12.8. The van der Waals surface area contributed by atoms with E-state index < -0.39 is 0 Å². The standard InChI is InChI=1S/C12H21N3O2/c1-9(2)11(12(16)17-4)14-6-5-10-13-7-8-15(10)3/h7-9,11,14H,5-6H2,1-4H3. The molecule has 5 heteroatoms. The summed E-state index contributed by atoms with van der Waals surface area (Å²) in [6, 6.07) is -0.250. The third-order valence-electron chi connectivity index (χ3n) is 2.76. The number of hydrogen-bond acceptors (Lipinski definition) is 4. The van der Waals surface area contributed by atoms with Crippen molar-refractivity contribution >= 4 is 5.97 Å². The summed E-state index contributed by atoms with van der Waals surface area (Å²) in [7, 11) is 3.38. The number of nitrogens with zero attached hydrogens (tertiary/aromatic N) is 2. The maximum absolute atomic E-state index is 11.5. The highest BCUT2D eigenvalue weighted by molar-refractivity contribution is 5.75. The fraction of sp³-hybridized carbons (Fsp3) is 0.667. The molecule has 17 heavy (non-hydrogen) atoms. The molecule has 1 atom stereocenters. The molecule has 96 valence electrons. The smallest absolute Gasteiger partial charge is 0.323 e. The van der Waals surface area contributed by atoms with Gasteiger partial charge in [0.1, 0.15) is 11.9 Å². The number of hydrogen-bond donors (Lipinski definition) is 1. The van der Waals surface area contributed by atoms with Crippen molar-refractivity contribution in [3.05, 3.63) is 18.2 Å². The number of esters is 1. The van der Waals surface area contributed by atoms with Crippen LogP contribution in [0.25, 0.3) is 0 Å². The number of nitrogens with one attached hydrogen (secondary N) is 1. The minimum absolute atomic E-state index is 0.208. The van der Waals surface area contributed by atoms with Gasteiger partial charge in [0, 0.05) is 32.4 Å². The Labute approximate surface area is 102 Å². The molecule has 0 bridgehead atoms. The van der Waals surface area contributed by atoms with Gasteiger partial charge in [-0.2, -0.15) is 0 Å². The molecule has 1 aromatic rings. The topological polar surface area (TPSA) is 56.1 Å². The van der Waals surface area contributed by atoms with Crippen molar-refractivity contribution < 1.29 is 9.53 Å².